The molecule has 10 nitrogen and oxygen atoms in total. The Bertz CT molecular complexity index is 1340. The molecule has 2 heterocycles. The van der Waals surface area contributed by atoms with Crippen molar-refractivity contribution in [1.29, 1.82) is 0 Å². The zero-order chi connectivity index (χ0) is 24.7. The number of hydrogen-bond donors (Lipinski definition) is 3. The normalized spacial score (nSPS) is 14.9. The maximum absolute atomic E-state index is 13.2. The number of aromatic nitrogens is 2. The van der Waals surface area contributed by atoms with Crippen molar-refractivity contribution < 1.29 is 35.1 Å². The molecule has 0 bridgehead atoms. The Morgan fingerprint density at radius 3 is 2.41 bits per heavy atom. The average molecular weight is 497 g/mol. The zero-order valence-corrected chi connectivity index (χ0v) is 18.3. The van der Waals surface area contributed by atoms with Crippen LogP contribution in [0.5, 0.6) is 5.88 Å². The fraction of sp³-hybridized carbons (Fsp3) is 0.250. The van der Waals surface area contributed by atoms with Crippen molar-refractivity contribution in [2.75, 3.05) is 22.6 Å². The van der Waals surface area contributed by atoms with Crippen LogP contribution in [0.2, 0.25) is 0 Å². The molecular formula is C20H18F3N5O5S. The summed E-state index contributed by atoms with van der Waals surface area (Å²) < 4.78 is 72.3. The van der Waals surface area contributed by atoms with Crippen LogP contribution in [0, 0.1) is 0 Å². The summed E-state index contributed by atoms with van der Waals surface area (Å²) in [6.07, 6.45) is -3.77. The summed E-state index contributed by atoms with van der Waals surface area (Å²) in [4.78, 5) is 16.1. The molecule has 14 heteroatoms. The summed E-state index contributed by atoms with van der Waals surface area (Å²) in [5.74, 6) is -0.634. The van der Waals surface area contributed by atoms with Gasteiger partial charge in [-0.3, -0.25) is 5.32 Å². The lowest BCUT2D eigenvalue weighted by Crippen LogP contribution is -2.28. The van der Waals surface area contributed by atoms with Gasteiger partial charge in [-0.25, -0.2) is 4.79 Å². The van der Waals surface area contributed by atoms with Gasteiger partial charge in [0.05, 0.1) is 6.26 Å². The number of carbonyl (C=O) groups excluding carboxylic acids is 1. The predicted octanol–water partition coefficient (Wildman–Crippen LogP) is 3.90. The largest absolute Gasteiger partial charge is 0.401 e. The zero-order valence-electron chi connectivity index (χ0n) is 17.5. The number of halogens is 3. The van der Waals surface area contributed by atoms with Gasteiger partial charge in [0.1, 0.15) is 11.2 Å². The smallest absolute Gasteiger partial charge is 0.384 e. The number of alkyl halides is 3. The molecule has 1 saturated carbocycles. The summed E-state index contributed by atoms with van der Waals surface area (Å²) in [6.45, 7) is 0. The third-order valence-electron chi connectivity index (χ3n) is 5.08. The van der Waals surface area contributed by atoms with Crippen molar-refractivity contribution in [3.05, 3.63) is 48.2 Å². The number of nitrogens with zero attached hydrogens (tertiary/aromatic N) is 2. The third-order valence-corrected chi connectivity index (χ3v) is 5.54. The minimum absolute atomic E-state index is 0.0659. The first-order chi connectivity index (χ1) is 15.9. The van der Waals surface area contributed by atoms with Crippen molar-refractivity contribution in [1.82, 2.24) is 10.1 Å². The molecule has 1 aromatic carbocycles. The van der Waals surface area contributed by atoms with Crippen LogP contribution in [0.25, 0.3) is 11.1 Å². The van der Waals surface area contributed by atoms with Gasteiger partial charge in [0.2, 0.25) is 5.88 Å². The van der Waals surface area contributed by atoms with Crippen LogP contribution in [0.15, 0.2) is 47.0 Å². The van der Waals surface area contributed by atoms with Crippen molar-refractivity contribution in [3.8, 4) is 17.0 Å². The molecule has 4 N–H and O–H groups in total. The molecule has 3 aromatic rings. The fourth-order valence-electron chi connectivity index (χ4n) is 3.25. The highest BCUT2D eigenvalue weighted by Gasteiger charge is 2.66. The monoisotopic (exact) mass is 497 g/mol. The maximum atomic E-state index is 13.2. The summed E-state index contributed by atoms with van der Waals surface area (Å²) in [5, 5.41) is 8.32. The second kappa shape index (κ2) is 8.20. The van der Waals surface area contributed by atoms with Crippen LogP contribution in [-0.4, -0.2) is 37.0 Å². The first-order valence-corrected chi connectivity index (χ1v) is 11.6. The third kappa shape index (κ3) is 4.90. The highest BCUT2D eigenvalue weighted by atomic mass is 32.2. The molecular weight excluding hydrogens is 479 g/mol. The number of anilines is 3. The highest BCUT2D eigenvalue weighted by molar-refractivity contribution is 7.86. The Hall–Kier alpha value is -3.81. The topological polar surface area (TPSA) is 149 Å². The van der Waals surface area contributed by atoms with Crippen LogP contribution < -0.4 is 20.6 Å². The van der Waals surface area contributed by atoms with E-state index in [0.717, 1.165) is 12.3 Å². The maximum Gasteiger partial charge on any atom is 0.401 e. The van der Waals surface area contributed by atoms with Crippen molar-refractivity contribution in [2.45, 2.75) is 24.4 Å². The molecule has 0 spiro atoms. The van der Waals surface area contributed by atoms with E-state index in [1.807, 2.05) is 0 Å². The second-order valence-corrected chi connectivity index (χ2v) is 9.26. The number of carbonyl (C=O) groups is 1. The SMILES string of the molecule is CS(=O)(=O)Oc1nc(N)ccc1-c1ccc(NC(=O)Nc2cc(C3(C(F)(F)F)CC3)on2)cc1. The number of pyridine rings is 1. The first kappa shape index (κ1) is 23.4. The highest BCUT2D eigenvalue weighted by Crippen LogP contribution is 2.59. The van der Waals surface area contributed by atoms with Gasteiger partial charge in [-0.2, -0.15) is 26.6 Å². The quantitative estimate of drug-likeness (QED) is 0.434. The number of rotatable bonds is 6. The molecule has 0 atom stereocenters. The number of hydrogen-bond acceptors (Lipinski definition) is 8. The van der Waals surface area contributed by atoms with Crippen molar-refractivity contribution in [3.63, 3.8) is 0 Å². The van der Waals surface area contributed by atoms with Gasteiger partial charge in [-0.1, -0.05) is 17.3 Å². The Morgan fingerprint density at radius 2 is 1.82 bits per heavy atom. The second-order valence-electron chi connectivity index (χ2n) is 7.69. The lowest BCUT2D eigenvalue weighted by atomic mass is 10.0. The molecule has 0 radical (unpaired) electrons. The van der Waals surface area contributed by atoms with Crippen molar-refractivity contribution in [2.24, 2.45) is 0 Å². The molecule has 2 aromatic heterocycles. The van der Waals surface area contributed by atoms with Gasteiger partial charge in [0.25, 0.3) is 0 Å². The van der Waals surface area contributed by atoms with E-state index >= 15 is 0 Å². The van der Waals surface area contributed by atoms with Gasteiger partial charge < -0.3 is 19.8 Å². The van der Waals surface area contributed by atoms with Crippen LogP contribution in [-0.2, 0) is 15.5 Å². The predicted molar refractivity (Wildman–Crippen MR) is 116 cm³/mol. The summed E-state index contributed by atoms with van der Waals surface area (Å²) in [5.41, 5.74) is 4.79. The van der Waals surface area contributed by atoms with E-state index in [1.54, 1.807) is 12.1 Å². The molecule has 180 valence electrons. The first-order valence-electron chi connectivity index (χ1n) is 9.75. The van der Waals surface area contributed by atoms with E-state index in [-0.39, 0.29) is 36.1 Å². The van der Waals surface area contributed by atoms with Crippen LogP contribution in [0.1, 0.15) is 18.6 Å². The fourth-order valence-corrected chi connectivity index (χ4v) is 3.66. The number of nitrogens with two attached hydrogens (primary N) is 1. The molecule has 2 amide bonds. The lowest BCUT2D eigenvalue weighted by Gasteiger charge is -2.14. The van der Waals surface area contributed by atoms with E-state index in [2.05, 4.69) is 20.8 Å². The number of nitrogen functional groups attached to an aromatic ring is 1. The van der Waals surface area contributed by atoms with Gasteiger partial charge in [-0.15, -0.1) is 0 Å². The van der Waals surface area contributed by atoms with Crippen LogP contribution >= 0.6 is 0 Å². The molecule has 0 unspecified atom stereocenters. The molecule has 34 heavy (non-hydrogen) atoms. The molecule has 0 saturated heterocycles. The minimum atomic E-state index is -4.46. The molecule has 1 aliphatic carbocycles. The Morgan fingerprint density at radius 1 is 1.15 bits per heavy atom. The minimum Gasteiger partial charge on any atom is -0.384 e. The Balaban J connectivity index is 1.44. The van der Waals surface area contributed by atoms with Crippen LogP contribution in [0.3, 0.4) is 0 Å². The van der Waals surface area contributed by atoms with E-state index in [1.165, 1.54) is 24.3 Å². The molecule has 1 aliphatic rings. The number of urea groups is 1. The summed E-state index contributed by atoms with van der Waals surface area (Å²) >= 11 is 0. The van der Waals surface area contributed by atoms with E-state index in [9.17, 15) is 26.4 Å². The number of amides is 2. The number of nitrogens with one attached hydrogen (secondary N) is 2. The van der Waals surface area contributed by atoms with E-state index in [4.69, 9.17) is 14.4 Å². The summed E-state index contributed by atoms with van der Waals surface area (Å²) in [7, 11) is -3.85. The molecule has 0 aliphatic heterocycles. The lowest BCUT2D eigenvalue weighted by molar-refractivity contribution is -0.165. The average Bonchev–Trinajstić information content (AvgIpc) is 3.42. The molecule has 4 rings (SSSR count). The Labute approximate surface area is 191 Å². The van der Waals surface area contributed by atoms with Crippen LogP contribution in [0.4, 0.5) is 35.3 Å². The standard InChI is InChI=1S/C20H18F3N5O5S/c1-34(30,31)33-17-13(6-7-15(24)26-17)11-2-4-12(5-3-11)25-18(29)27-16-10-14(32-28-16)19(8-9-19)20(21,22)23/h2-7,10H,8-9H2,1H3,(H2,24,26)(H2,25,27,28,29). The Kier molecular flexibility index (Phi) is 5.63. The summed E-state index contributed by atoms with van der Waals surface area (Å²) in [6, 6.07) is 9.51. The van der Waals surface area contributed by atoms with Gasteiger partial charge in [0.15, 0.2) is 11.6 Å². The van der Waals surface area contributed by atoms with Gasteiger partial charge in [0, 0.05) is 17.3 Å². The number of benzene rings is 1. The van der Waals surface area contributed by atoms with E-state index in [0.29, 0.717) is 16.8 Å². The van der Waals surface area contributed by atoms with Crippen molar-refractivity contribution >= 4 is 33.5 Å². The van der Waals surface area contributed by atoms with Gasteiger partial charge in [-0.05, 0) is 42.7 Å². The molecule has 1 fully saturated rings. The van der Waals surface area contributed by atoms with Gasteiger partial charge >= 0.3 is 22.3 Å². The van der Waals surface area contributed by atoms with E-state index < -0.39 is 27.7 Å².